The van der Waals surface area contributed by atoms with E-state index in [1.807, 2.05) is 12.1 Å². The van der Waals surface area contributed by atoms with Gasteiger partial charge in [-0.05, 0) is 60.4 Å². The number of hydrogen-bond acceptors (Lipinski definition) is 5. The van der Waals surface area contributed by atoms with Gasteiger partial charge in [-0.25, -0.2) is 0 Å². The summed E-state index contributed by atoms with van der Waals surface area (Å²) in [5.41, 5.74) is 2.90. The molecule has 1 atom stereocenters. The van der Waals surface area contributed by atoms with Gasteiger partial charge in [0.05, 0.1) is 24.2 Å². The molecule has 2 aliphatic rings. The third-order valence-electron chi connectivity index (χ3n) is 6.18. The minimum absolute atomic E-state index is 0.313. The number of ether oxygens (including phenoxy) is 1. The van der Waals surface area contributed by atoms with Gasteiger partial charge in [0.1, 0.15) is 11.8 Å². The van der Waals surface area contributed by atoms with E-state index in [9.17, 15) is 14.9 Å². The fourth-order valence-electron chi connectivity index (χ4n) is 3.92. The lowest BCUT2D eigenvalue weighted by Crippen LogP contribution is -2.39. The molecule has 34 heavy (non-hydrogen) atoms. The molecule has 0 aromatic heterocycles. The number of methoxy groups -OCH3 is 1. The molecule has 1 aliphatic carbocycles. The molecule has 0 saturated heterocycles. The summed E-state index contributed by atoms with van der Waals surface area (Å²) in [5.74, 6) is -0.0141. The second kappa shape index (κ2) is 9.28. The molecule has 0 spiro atoms. The van der Waals surface area contributed by atoms with Crippen molar-refractivity contribution in [3.63, 3.8) is 0 Å². The maximum absolute atomic E-state index is 13.4. The predicted octanol–water partition coefficient (Wildman–Crippen LogP) is 3.95. The van der Waals surface area contributed by atoms with Crippen LogP contribution >= 0.6 is 0 Å². The molecule has 0 radical (unpaired) electrons. The van der Waals surface area contributed by atoms with Crippen LogP contribution in [0.5, 0.6) is 5.75 Å². The van der Waals surface area contributed by atoms with Crippen LogP contribution in [0.1, 0.15) is 30.0 Å². The Balaban J connectivity index is 1.58. The van der Waals surface area contributed by atoms with Gasteiger partial charge in [-0.3, -0.25) is 9.59 Å². The van der Waals surface area contributed by atoms with Gasteiger partial charge in [-0.1, -0.05) is 30.8 Å². The van der Waals surface area contributed by atoms with Crippen molar-refractivity contribution in [1.29, 1.82) is 5.26 Å². The van der Waals surface area contributed by atoms with Crippen LogP contribution in [0.2, 0.25) is 0 Å². The highest BCUT2D eigenvalue weighted by Crippen LogP contribution is 2.47. The number of nitrogens with one attached hydrogen (secondary N) is 2. The van der Waals surface area contributed by atoms with Crippen LogP contribution in [-0.2, 0) is 15.0 Å². The van der Waals surface area contributed by atoms with Gasteiger partial charge >= 0.3 is 0 Å². The molecule has 0 bridgehead atoms. The molecule has 1 heterocycles. The highest BCUT2D eigenvalue weighted by molar-refractivity contribution is 6.02. The molecule has 2 N–H and O–H groups in total. The highest BCUT2D eigenvalue weighted by Gasteiger charge is 2.44. The first kappa shape index (κ1) is 22.9. The molecule has 1 fully saturated rings. The number of carbonyl (C=O) groups excluding carboxylic acids is 2. The van der Waals surface area contributed by atoms with E-state index in [0.29, 0.717) is 28.3 Å². The number of likely N-dealkylation sites (N-methyl/N-ethyl adjacent to an activating group) is 1. The topological polar surface area (TPSA) is 94.5 Å². The normalized spacial score (nSPS) is 16.4. The van der Waals surface area contributed by atoms with Crippen molar-refractivity contribution in [2.75, 3.05) is 19.5 Å². The fourth-order valence-corrected chi connectivity index (χ4v) is 3.92. The van der Waals surface area contributed by atoms with Crippen LogP contribution in [0, 0.1) is 11.3 Å². The average Bonchev–Trinajstić information content (AvgIpc) is 3.66. The number of nitrogens with zero attached hydrogens (tertiary/aromatic N) is 2. The number of allylic oxidation sites excluding steroid dienone is 1. The first-order chi connectivity index (χ1) is 16.4. The number of carbonyl (C=O) groups is 2. The summed E-state index contributed by atoms with van der Waals surface area (Å²) in [5, 5.41) is 15.3. The van der Waals surface area contributed by atoms with Crippen molar-refractivity contribution in [2.24, 2.45) is 0 Å². The van der Waals surface area contributed by atoms with E-state index >= 15 is 0 Å². The Bertz CT molecular complexity index is 1220. The third-order valence-corrected chi connectivity index (χ3v) is 6.18. The minimum atomic E-state index is -0.883. The van der Waals surface area contributed by atoms with Crippen LogP contribution in [0.3, 0.4) is 0 Å². The third kappa shape index (κ3) is 4.57. The maximum atomic E-state index is 13.4. The van der Waals surface area contributed by atoms with Gasteiger partial charge < -0.3 is 20.3 Å². The first-order valence-electron chi connectivity index (χ1n) is 10.9. The van der Waals surface area contributed by atoms with Gasteiger partial charge in [0.25, 0.3) is 11.8 Å². The lowest BCUT2D eigenvalue weighted by molar-refractivity contribution is -0.134. The van der Waals surface area contributed by atoms with E-state index < -0.39 is 6.04 Å². The van der Waals surface area contributed by atoms with Crippen LogP contribution in [-0.4, -0.2) is 30.9 Å². The molecule has 2 amide bonds. The maximum Gasteiger partial charge on any atom is 0.256 e. The van der Waals surface area contributed by atoms with E-state index in [-0.39, 0.29) is 17.2 Å². The lowest BCUT2D eigenvalue weighted by Gasteiger charge is -2.29. The molecule has 7 nitrogen and oxygen atoms in total. The molecule has 2 aromatic carbocycles. The number of rotatable bonds is 7. The second-order valence-corrected chi connectivity index (χ2v) is 8.45. The van der Waals surface area contributed by atoms with E-state index in [4.69, 9.17) is 4.74 Å². The second-order valence-electron chi connectivity index (χ2n) is 8.45. The summed E-state index contributed by atoms with van der Waals surface area (Å²) in [6.07, 6.45) is 6.66. The Hall–Kier alpha value is -4.31. The van der Waals surface area contributed by atoms with Gasteiger partial charge in [0, 0.05) is 24.6 Å². The van der Waals surface area contributed by atoms with Gasteiger partial charge in [-0.2, -0.15) is 5.26 Å². The Morgan fingerprint density at radius 2 is 1.82 bits per heavy atom. The molecular weight excluding hydrogens is 428 g/mol. The molecule has 2 aromatic rings. The Morgan fingerprint density at radius 3 is 2.35 bits per heavy atom. The van der Waals surface area contributed by atoms with Crippen molar-refractivity contribution in [3.05, 3.63) is 95.9 Å². The molecule has 4 rings (SSSR count). The van der Waals surface area contributed by atoms with Crippen molar-refractivity contribution in [1.82, 2.24) is 10.2 Å². The average molecular weight is 455 g/mol. The zero-order valence-electron chi connectivity index (χ0n) is 19.2. The summed E-state index contributed by atoms with van der Waals surface area (Å²) >= 11 is 0. The molecular formula is C27H26N4O3. The number of dihydropyridines is 1. The van der Waals surface area contributed by atoms with Crippen LogP contribution in [0.25, 0.3) is 0 Å². The van der Waals surface area contributed by atoms with E-state index in [0.717, 1.165) is 18.4 Å². The zero-order valence-corrected chi connectivity index (χ0v) is 19.2. The number of benzene rings is 2. The summed E-state index contributed by atoms with van der Waals surface area (Å²) in [6.45, 7) is 3.80. The Labute approximate surface area is 199 Å². The van der Waals surface area contributed by atoms with Crippen molar-refractivity contribution < 1.29 is 14.3 Å². The molecule has 1 saturated carbocycles. The van der Waals surface area contributed by atoms with E-state index in [2.05, 4.69) is 23.3 Å². The van der Waals surface area contributed by atoms with Gasteiger partial charge in [-0.15, -0.1) is 0 Å². The number of amides is 2. The number of hydrogen-bond donors (Lipinski definition) is 2. The molecule has 1 unspecified atom stereocenters. The Kier molecular flexibility index (Phi) is 6.24. The summed E-state index contributed by atoms with van der Waals surface area (Å²) < 4.78 is 5.23. The fraction of sp³-hybridized carbons (Fsp3) is 0.222. The summed E-state index contributed by atoms with van der Waals surface area (Å²) in [4.78, 5) is 28.0. The lowest BCUT2D eigenvalue weighted by atomic mass is 9.97. The monoisotopic (exact) mass is 454 g/mol. The zero-order chi connectivity index (χ0) is 24.3. The van der Waals surface area contributed by atoms with Crippen molar-refractivity contribution in [2.45, 2.75) is 24.3 Å². The standard InChI is InChI=1S/C27H26N4O3/c1-18-4-5-20(16-29-18)26(33)31(2)24(19-6-12-23(34-3)13-7-19)25(32)30-22-10-8-21(9-11-22)27(17-28)14-15-27/h4-13,16,24,29H,1,14-15H2,2-3H3,(H,30,32). The quantitative estimate of drug-likeness (QED) is 0.661. The van der Waals surface area contributed by atoms with Crippen LogP contribution in [0.15, 0.2) is 84.7 Å². The van der Waals surface area contributed by atoms with E-state index in [1.165, 1.54) is 4.90 Å². The first-order valence-corrected chi connectivity index (χ1v) is 10.9. The van der Waals surface area contributed by atoms with Crippen LogP contribution in [0.4, 0.5) is 5.69 Å². The van der Waals surface area contributed by atoms with Crippen molar-refractivity contribution in [3.8, 4) is 11.8 Å². The largest absolute Gasteiger partial charge is 0.497 e. The molecule has 7 heteroatoms. The number of nitriles is 1. The minimum Gasteiger partial charge on any atom is -0.497 e. The smallest absolute Gasteiger partial charge is 0.256 e. The van der Waals surface area contributed by atoms with Crippen LogP contribution < -0.4 is 15.4 Å². The summed E-state index contributed by atoms with van der Waals surface area (Å²) in [6, 6.07) is 15.9. The van der Waals surface area contributed by atoms with E-state index in [1.54, 1.807) is 68.9 Å². The molecule has 172 valence electrons. The predicted molar refractivity (Wildman–Crippen MR) is 130 cm³/mol. The Morgan fingerprint density at radius 1 is 1.15 bits per heavy atom. The number of anilines is 1. The summed E-state index contributed by atoms with van der Waals surface area (Å²) in [7, 11) is 3.17. The van der Waals surface area contributed by atoms with Gasteiger partial charge in [0.15, 0.2) is 0 Å². The van der Waals surface area contributed by atoms with Gasteiger partial charge in [0.2, 0.25) is 0 Å². The molecule has 1 aliphatic heterocycles. The SMILES string of the molecule is C=C1C=CC(C(=O)N(C)C(C(=O)Nc2ccc(C3(C#N)CC3)cc2)c2ccc(OC)cc2)=CN1. The highest BCUT2D eigenvalue weighted by atomic mass is 16.5. The van der Waals surface area contributed by atoms with Crippen molar-refractivity contribution >= 4 is 17.5 Å².